The van der Waals surface area contributed by atoms with E-state index in [9.17, 15) is 9.90 Å². The Hall–Kier alpha value is -1.71. The molecule has 1 fully saturated rings. The lowest BCUT2D eigenvalue weighted by molar-refractivity contribution is -0.123. The summed E-state index contributed by atoms with van der Waals surface area (Å²) in [6.45, 7) is 4.23. The van der Waals surface area contributed by atoms with Crippen LogP contribution in [0.1, 0.15) is 46.0 Å². The molecule has 0 radical (unpaired) electrons. The molecule has 2 aliphatic rings. The first-order valence-electron chi connectivity index (χ1n) is 7.49. The zero-order chi connectivity index (χ0) is 14.3. The Morgan fingerprint density at radius 1 is 1.25 bits per heavy atom. The van der Waals surface area contributed by atoms with Crippen LogP contribution in [0.4, 0.5) is 11.4 Å². The van der Waals surface area contributed by atoms with Crippen molar-refractivity contribution in [1.29, 1.82) is 0 Å². The van der Waals surface area contributed by atoms with Crippen molar-refractivity contribution < 1.29 is 9.90 Å². The van der Waals surface area contributed by atoms with Gasteiger partial charge in [0.15, 0.2) is 0 Å². The molecule has 4 nitrogen and oxygen atoms in total. The molecule has 1 heterocycles. The molecule has 4 heteroatoms. The number of carbonyl (C=O) groups excluding carboxylic acids is 1. The predicted octanol–water partition coefficient (Wildman–Crippen LogP) is 3.26. The number of anilines is 2. The van der Waals surface area contributed by atoms with Crippen LogP contribution in [0.5, 0.6) is 5.75 Å². The lowest BCUT2D eigenvalue weighted by atomic mass is 9.77. The molecular formula is C16H22N2O2. The number of nitrogens with one attached hydrogen (secondary N) is 1. The number of amides is 1. The van der Waals surface area contributed by atoms with Gasteiger partial charge in [-0.25, -0.2) is 0 Å². The molecule has 1 aromatic carbocycles. The summed E-state index contributed by atoms with van der Waals surface area (Å²) in [6.07, 6.45) is 5.17. The van der Waals surface area contributed by atoms with Crippen LogP contribution in [-0.4, -0.2) is 22.6 Å². The largest absolute Gasteiger partial charge is 0.506 e. The smallest absolute Gasteiger partial charge is 0.250 e. The molecule has 0 atom stereocenters. The highest BCUT2D eigenvalue weighted by atomic mass is 16.3. The summed E-state index contributed by atoms with van der Waals surface area (Å²) in [4.78, 5) is 15.0. The summed E-state index contributed by atoms with van der Waals surface area (Å²) in [5, 5.41) is 13.0. The summed E-state index contributed by atoms with van der Waals surface area (Å²) in [5.41, 5.74) is 1.07. The predicted molar refractivity (Wildman–Crippen MR) is 80.2 cm³/mol. The third kappa shape index (κ3) is 1.78. The van der Waals surface area contributed by atoms with Crippen LogP contribution in [-0.2, 0) is 4.79 Å². The number of fused-ring (bicyclic) bond motifs is 1. The topological polar surface area (TPSA) is 52.6 Å². The maximum absolute atomic E-state index is 12.7. The summed E-state index contributed by atoms with van der Waals surface area (Å²) in [6, 6.07) is 5.68. The first-order valence-corrected chi connectivity index (χ1v) is 7.49. The van der Waals surface area contributed by atoms with E-state index >= 15 is 0 Å². The van der Waals surface area contributed by atoms with Crippen LogP contribution in [0.25, 0.3) is 0 Å². The van der Waals surface area contributed by atoms with Gasteiger partial charge in [0.2, 0.25) is 5.91 Å². The zero-order valence-corrected chi connectivity index (χ0v) is 12.1. The van der Waals surface area contributed by atoms with E-state index in [2.05, 4.69) is 24.1 Å². The Kier molecular flexibility index (Phi) is 3.11. The molecule has 1 amide bonds. The lowest BCUT2D eigenvalue weighted by Gasteiger charge is -2.51. The van der Waals surface area contributed by atoms with Gasteiger partial charge in [0.05, 0.1) is 5.69 Å². The Morgan fingerprint density at radius 3 is 2.60 bits per heavy atom. The van der Waals surface area contributed by atoms with E-state index in [0.29, 0.717) is 5.69 Å². The van der Waals surface area contributed by atoms with E-state index in [1.165, 1.54) is 6.42 Å². The normalized spacial score (nSPS) is 20.9. The molecule has 0 saturated heterocycles. The van der Waals surface area contributed by atoms with E-state index in [1.807, 2.05) is 12.1 Å². The van der Waals surface area contributed by atoms with Gasteiger partial charge in [-0.1, -0.05) is 25.3 Å². The molecule has 108 valence electrons. The number of para-hydroxylation sites is 1. The number of phenols is 1. The summed E-state index contributed by atoms with van der Waals surface area (Å²) >= 11 is 0. The summed E-state index contributed by atoms with van der Waals surface area (Å²) in [5.74, 6) is 0.187. The van der Waals surface area contributed by atoms with E-state index < -0.39 is 5.54 Å². The standard InChI is InChI=1S/C16H22N2O2/c1-11(2)18-12-7-6-8-13(19)14(12)17-15(20)16(18)9-4-3-5-10-16/h6-8,11,19H,3-5,9-10H2,1-2H3,(H,17,20). The van der Waals surface area contributed by atoms with Crippen molar-refractivity contribution in [2.75, 3.05) is 10.2 Å². The third-order valence-corrected chi connectivity index (χ3v) is 4.60. The highest BCUT2D eigenvalue weighted by Gasteiger charge is 2.49. The second-order valence-corrected chi connectivity index (χ2v) is 6.18. The van der Waals surface area contributed by atoms with Crippen LogP contribution in [0.3, 0.4) is 0 Å². The Morgan fingerprint density at radius 2 is 1.95 bits per heavy atom. The fourth-order valence-electron chi connectivity index (χ4n) is 3.80. The molecule has 0 aromatic heterocycles. The van der Waals surface area contributed by atoms with E-state index in [0.717, 1.165) is 31.4 Å². The number of hydrogen-bond acceptors (Lipinski definition) is 3. The van der Waals surface area contributed by atoms with Crippen LogP contribution < -0.4 is 10.2 Å². The van der Waals surface area contributed by atoms with Crippen LogP contribution in [0, 0.1) is 0 Å². The first-order chi connectivity index (χ1) is 9.56. The van der Waals surface area contributed by atoms with Crippen LogP contribution in [0.2, 0.25) is 0 Å². The van der Waals surface area contributed by atoms with Gasteiger partial charge >= 0.3 is 0 Å². The van der Waals surface area contributed by atoms with Crippen LogP contribution >= 0.6 is 0 Å². The van der Waals surface area contributed by atoms with E-state index in [4.69, 9.17) is 0 Å². The van der Waals surface area contributed by atoms with E-state index in [1.54, 1.807) is 6.07 Å². The SMILES string of the molecule is CC(C)N1c2cccc(O)c2NC(=O)C12CCCCC2. The van der Waals surface area contributed by atoms with Gasteiger partial charge in [-0.2, -0.15) is 0 Å². The van der Waals surface area contributed by atoms with Gasteiger partial charge in [-0.15, -0.1) is 0 Å². The number of hydrogen-bond donors (Lipinski definition) is 2. The Bertz CT molecular complexity index is 533. The fraction of sp³-hybridized carbons (Fsp3) is 0.562. The minimum atomic E-state index is -0.437. The van der Waals surface area contributed by atoms with Crippen molar-refractivity contribution in [3.8, 4) is 5.75 Å². The molecule has 1 spiro atoms. The number of phenolic OH excluding ortho intramolecular Hbond substituents is 1. The second-order valence-electron chi connectivity index (χ2n) is 6.18. The van der Waals surface area contributed by atoms with Crippen molar-refractivity contribution in [1.82, 2.24) is 0 Å². The highest BCUT2D eigenvalue weighted by Crippen LogP contribution is 2.47. The third-order valence-electron chi connectivity index (χ3n) is 4.60. The van der Waals surface area contributed by atoms with Gasteiger partial charge in [0.25, 0.3) is 0 Å². The lowest BCUT2D eigenvalue weighted by Crippen LogP contribution is -2.63. The maximum Gasteiger partial charge on any atom is 0.250 e. The van der Waals surface area contributed by atoms with Gasteiger partial charge in [-0.05, 0) is 38.8 Å². The van der Waals surface area contributed by atoms with E-state index in [-0.39, 0.29) is 17.7 Å². The monoisotopic (exact) mass is 274 g/mol. The second kappa shape index (κ2) is 4.69. The Labute approximate surface area is 119 Å². The van der Waals surface area contributed by atoms with Crippen molar-refractivity contribution in [2.24, 2.45) is 0 Å². The highest BCUT2D eigenvalue weighted by molar-refractivity contribution is 6.08. The van der Waals surface area contributed by atoms with Crippen molar-refractivity contribution in [2.45, 2.75) is 57.5 Å². The number of rotatable bonds is 1. The minimum absolute atomic E-state index is 0.0416. The van der Waals surface area contributed by atoms with Gasteiger partial charge in [-0.3, -0.25) is 4.79 Å². The first kappa shape index (κ1) is 13.3. The molecule has 0 unspecified atom stereocenters. The average molecular weight is 274 g/mol. The Balaban J connectivity index is 2.15. The average Bonchev–Trinajstić information content (AvgIpc) is 2.42. The molecule has 3 rings (SSSR count). The number of carbonyl (C=O) groups is 1. The molecule has 0 bridgehead atoms. The van der Waals surface area contributed by atoms with Crippen LogP contribution in [0.15, 0.2) is 18.2 Å². The zero-order valence-electron chi connectivity index (χ0n) is 12.1. The van der Waals surface area contributed by atoms with Gasteiger partial charge in [0.1, 0.15) is 17.0 Å². The number of aromatic hydroxyl groups is 1. The number of nitrogens with zero attached hydrogens (tertiary/aromatic N) is 1. The summed E-state index contributed by atoms with van der Waals surface area (Å²) < 4.78 is 0. The van der Waals surface area contributed by atoms with Crippen molar-refractivity contribution in [3.63, 3.8) is 0 Å². The van der Waals surface area contributed by atoms with Crippen molar-refractivity contribution >= 4 is 17.3 Å². The maximum atomic E-state index is 12.7. The molecule has 2 N–H and O–H groups in total. The minimum Gasteiger partial charge on any atom is -0.506 e. The molecule has 20 heavy (non-hydrogen) atoms. The quantitative estimate of drug-likeness (QED) is 0.773. The molecule has 1 saturated carbocycles. The molecule has 1 aliphatic heterocycles. The van der Waals surface area contributed by atoms with Gasteiger partial charge < -0.3 is 15.3 Å². The molecule has 1 aromatic rings. The molecular weight excluding hydrogens is 252 g/mol. The molecule has 1 aliphatic carbocycles. The van der Waals surface area contributed by atoms with Gasteiger partial charge in [0, 0.05) is 6.04 Å². The van der Waals surface area contributed by atoms with Crippen molar-refractivity contribution in [3.05, 3.63) is 18.2 Å². The number of benzene rings is 1. The fourth-order valence-corrected chi connectivity index (χ4v) is 3.80. The summed E-state index contributed by atoms with van der Waals surface area (Å²) in [7, 11) is 0.